The van der Waals surface area contributed by atoms with Crippen LogP contribution in [0.3, 0.4) is 0 Å². The van der Waals surface area contributed by atoms with E-state index >= 15 is 0 Å². The first kappa shape index (κ1) is 22.1. The quantitative estimate of drug-likeness (QED) is 0.221. The summed E-state index contributed by atoms with van der Waals surface area (Å²) < 4.78 is 28.0. The van der Waals surface area contributed by atoms with Crippen LogP contribution in [0.5, 0.6) is 0 Å². The molecular formula is C19H26N4O3S2. The Balaban J connectivity index is 1.92. The second-order valence-electron chi connectivity index (χ2n) is 5.90. The van der Waals surface area contributed by atoms with Crippen molar-refractivity contribution < 1.29 is 12.8 Å². The van der Waals surface area contributed by atoms with Gasteiger partial charge in [0.15, 0.2) is 5.96 Å². The Bertz CT molecular complexity index is 848. The minimum Gasteiger partial charge on any atom is -0.469 e. The highest BCUT2D eigenvalue weighted by Crippen LogP contribution is 2.09. The Hall–Kier alpha value is -2.23. The lowest BCUT2D eigenvalue weighted by Gasteiger charge is -2.12. The van der Waals surface area contributed by atoms with Crippen molar-refractivity contribution >= 4 is 27.7 Å². The third-order valence-corrected chi connectivity index (χ3v) is 5.58. The molecular weight excluding hydrogens is 396 g/mol. The summed E-state index contributed by atoms with van der Waals surface area (Å²) in [6.45, 7) is 5.59. The van der Waals surface area contributed by atoms with Crippen LogP contribution in [0.2, 0.25) is 0 Å². The molecule has 0 fully saturated rings. The molecule has 2 aromatic rings. The normalized spacial score (nSPS) is 12.0. The van der Waals surface area contributed by atoms with Gasteiger partial charge in [0.05, 0.1) is 17.7 Å². The van der Waals surface area contributed by atoms with E-state index in [9.17, 15) is 8.42 Å². The van der Waals surface area contributed by atoms with Gasteiger partial charge in [0.25, 0.3) is 0 Å². The zero-order valence-electron chi connectivity index (χ0n) is 15.6. The first-order valence-electron chi connectivity index (χ1n) is 8.84. The van der Waals surface area contributed by atoms with Crippen LogP contribution in [0.4, 0.5) is 0 Å². The van der Waals surface area contributed by atoms with Gasteiger partial charge < -0.3 is 15.1 Å². The van der Waals surface area contributed by atoms with E-state index in [1.807, 2.05) is 18.2 Å². The molecule has 7 nitrogen and oxygen atoms in total. The highest BCUT2D eigenvalue weighted by atomic mass is 32.2. The van der Waals surface area contributed by atoms with Gasteiger partial charge in [-0.25, -0.2) is 18.5 Å². The van der Waals surface area contributed by atoms with Crippen molar-refractivity contribution in [3.05, 3.63) is 66.6 Å². The Morgan fingerprint density at radius 3 is 2.61 bits per heavy atom. The topological polar surface area (TPSA) is 110 Å². The predicted molar refractivity (Wildman–Crippen MR) is 115 cm³/mol. The van der Waals surface area contributed by atoms with Gasteiger partial charge in [-0.3, -0.25) is 0 Å². The van der Waals surface area contributed by atoms with Gasteiger partial charge in [-0.1, -0.05) is 18.2 Å². The summed E-state index contributed by atoms with van der Waals surface area (Å²) in [5, 5.41) is 11.7. The van der Waals surface area contributed by atoms with Crippen LogP contribution in [0.25, 0.3) is 0 Å². The summed E-state index contributed by atoms with van der Waals surface area (Å²) in [7, 11) is -3.68. The molecule has 4 N–H and O–H groups in total. The molecule has 152 valence electrons. The van der Waals surface area contributed by atoms with Gasteiger partial charge >= 0.3 is 0 Å². The van der Waals surface area contributed by atoms with Crippen molar-refractivity contribution in [1.29, 1.82) is 0 Å². The van der Waals surface area contributed by atoms with Gasteiger partial charge in [-0.05, 0) is 29.8 Å². The maximum Gasteiger partial charge on any atom is 0.238 e. The van der Waals surface area contributed by atoms with Crippen LogP contribution < -0.4 is 15.8 Å². The van der Waals surface area contributed by atoms with Crippen molar-refractivity contribution in [1.82, 2.24) is 10.6 Å². The molecule has 0 radical (unpaired) electrons. The molecule has 1 aromatic heterocycles. The molecule has 0 unspecified atom stereocenters. The van der Waals surface area contributed by atoms with E-state index in [0.717, 1.165) is 35.8 Å². The molecule has 0 saturated heterocycles. The molecule has 0 amide bonds. The fraction of sp³-hybridized carbons (Fsp3) is 0.316. The van der Waals surface area contributed by atoms with Gasteiger partial charge in [-0.15, -0.1) is 6.58 Å². The third-order valence-electron chi connectivity index (χ3n) is 3.69. The van der Waals surface area contributed by atoms with E-state index in [-0.39, 0.29) is 4.90 Å². The van der Waals surface area contributed by atoms with E-state index in [4.69, 9.17) is 9.56 Å². The Morgan fingerprint density at radius 1 is 1.21 bits per heavy atom. The fourth-order valence-corrected chi connectivity index (χ4v) is 3.39. The number of thioether (sulfide) groups is 1. The molecule has 28 heavy (non-hydrogen) atoms. The van der Waals surface area contributed by atoms with Crippen molar-refractivity contribution in [2.24, 2.45) is 10.1 Å². The molecule has 0 saturated carbocycles. The number of nitrogens with zero attached hydrogens (tertiary/aromatic N) is 1. The minimum absolute atomic E-state index is 0.0920. The van der Waals surface area contributed by atoms with Crippen LogP contribution in [0.15, 0.2) is 69.6 Å². The van der Waals surface area contributed by atoms with E-state index in [1.54, 1.807) is 30.2 Å². The maximum absolute atomic E-state index is 11.3. The molecule has 1 heterocycles. The number of aliphatic imine (C=N–C) groups is 1. The van der Waals surface area contributed by atoms with Crippen LogP contribution in [-0.4, -0.2) is 39.0 Å². The van der Waals surface area contributed by atoms with Crippen LogP contribution in [-0.2, 0) is 23.0 Å². The lowest BCUT2D eigenvalue weighted by Crippen LogP contribution is -2.39. The van der Waals surface area contributed by atoms with Crippen molar-refractivity contribution in [2.75, 3.05) is 24.6 Å². The zero-order valence-corrected chi connectivity index (χ0v) is 17.3. The average molecular weight is 423 g/mol. The van der Waals surface area contributed by atoms with E-state index in [0.29, 0.717) is 19.0 Å². The lowest BCUT2D eigenvalue weighted by atomic mass is 10.2. The number of rotatable bonds is 11. The highest BCUT2D eigenvalue weighted by Gasteiger charge is 2.07. The second kappa shape index (κ2) is 11.6. The van der Waals surface area contributed by atoms with Crippen molar-refractivity contribution in [2.45, 2.75) is 17.9 Å². The largest absolute Gasteiger partial charge is 0.469 e. The van der Waals surface area contributed by atoms with Crippen LogP contribution >= 0.6 is 11.8 Å². The molecule has 0 aliphatic heterocycles. The molecule has 1 aromatic carbocycles. The number of nitrogens with two attached hydrogens (primary N) is 1. The molecule has 0 atom stereocenters. The summed E-state index contributed by atoms with van der Waals surface area (Å²) >= 11 is 1.79. The summed E-state index contributed by atoms with van der Waals surface area (Å²) in [5.74, 6) is 3.46. The van der Waals surface area contributed by atoms with Crippen LogP contribution in [0.1, 0.15) is 11.3 Å². The van der Waals surface area contributed by atoms with Crippen LogP contribution in [0, 0.1) is 0 Å². The Kier molecular flexibility index (Phi) is 9.12. The molecule has 0 aliphatic carbocycles. The number of benzene rings is 1. The van der Waals surface area contributed by atoms with E-state index < -0.39 is 10.0 Å². The number of hydrogen-bond donors (Lipinski definition) is 3. The number of hydrogen-bond acceptors (Lipinski definition) is 5. The highest BCUT2D eigenvalue weighted by molar-refractivity contribution is 7.99. The standard InChI is InChI=1S/C19H26N4O3S2/c1-2-13-27-14-11-22-19(21-10-9-17-4-3-12-26-17)23-15-16-5-7-18(8-6-16)28(20,24)25/h2-8,12H,1,9-11,13-15H2,(H2,20,24,25)(H2,21,22,23). The number of primary sulfonamides is 1. The van der Waals surface area contributed by atoms with Gasteiger partial charge in [0, 0.05) is 31.0 Å². The number of sulfonamides is 1. The molecule has 0 aliphatic rings. The third kappa shape index (κ3) is 8.20. The zero-order chi connectivity index (χ0) is 20.2. The summed E-state index contributed by atoms with van der Waals surface area (Å²) in [4.78, 5) is 4.67. The summed E-state index contributed by atoms with van der Waals surface area (Å²) in [6.07, 6.45) is 4.29. The predicted octanol–water partition coefficient (Wildman–Crippen LogP) is 2.12. The number of guanidine groups is 1. The monoisotopic (exact) mass is 422 g/mol. The molecule has 0 bridgehead atoms. The summed E-state index contributed by atoms with van der Waals surface area (Å²) in [5.41, 5.74) is 0.889. The summed E-state index contributed by atoms with van der Waals surface area (Å²) in [6, 6.07) is 10.2. The lowest BCUT2D eigenvalue weighted by molar-refractivity contribution is 0.507. The average Bonchev–Trinajstić information content (AvgIpc) is 3.18. The van der Waals surface area contributed by atoms with E-state index in [1.165, 1.54) is 12.1 Å². The smallest absolute Gasteiger partial charge is 0.238 e. The van der Waals surface area contributed by atoms with Gasteiger partial charge in [0.2, 0.25) is 10.0 Å². The number of furan rings is 1. The molecule has 2 rings (SSSR count). The Labute approximate surface area is 170 Å². The van der Waals surface area contributed by atoms with Gasteiger partial charge in [0.1, 0.15) is 5.76 Å². The first-order valence-corrected chi connectivity index (χ1v) is 11.5. The van der Waals surface area contributed by atoms with E-state index in [2.05, 4.69) is 22.2 Å². The molecule has 9 heteroatoms. The molecule has 0 spiro atoms. The first-order chi connectivity index (χ1) is 13.5. The minimum atomic E-state index is -3.68. The maximum atomic E-state index is 11.3. The fourth-order valence-electron chi connectivity index (χ4n) is 2.30. The SMILES string of the molecule is C=CCSCCNC(=NCc1ccc(S(N)(=O)=O)cc1)NCCc1ccco1. The Morgan fingerprint density at radius 2 is 1.96 bits per heavy atom. The van der Waals surface area contributed by atoms with Gasteiger partial charge in [-0.2, -0.15) is 11.8 Å². The van der Waals surface area contributed by atoms with Crippen molar-refractivity contribution in [3.8, 4) is 0 Å². The number of nitrogens with one attached hydrogen (secondary N) is 2. The van der Waals surface area contributed by atoms with Crippen molar-refractivity contribution in [3.63, 3.8) is 0 Å². The second-order valence-corrected chi connectivity index (χ2v) is 8.61.